The average Bonchev–Trinajstić information content (AvgIpc) is 2.04. The number of carbonyl (C=O) groups excluding carboxylic acids is 3. The van der Waals surface area contributed by atoms with Crippen molar-refractivity contribution in [3.8, 4) is 45.6 Å². The lowest BCUT2D eigenvalue weighted by atomic mass is 10.0. The number of ketones is 1. The molecule has 6 N–H and O–H groups in total. The molecule has 3 aromatic heterocycles. The number of benzene rings is 6. The van der Waals surface area contributed by atoms with Crippen molar-refractivity contribution in [1.29, 1.82) is 0 Å². The number of Topliss-reactive ketones (excluding diaryl/α,β-unsaturated/α-hetero) is 1. The largest absolute Gasteiger partial charge is 0.493 e. The fraction of sp³-hybridized carbons (Fsp3) is 0.212. The van der Waals surface area contributed by atoms with Crippen molar-refractivity contribution in [2.75, 3.05) is 29.6 Å². The van der Waals surface area contributed by atoms with Crippen molar-refractivity contribution in [3.05, 3.63) is 211 Å². The summed E-state index contributed by atoms with van der Waals surface area (Å²) in [7, 11) is 0. The Morgan fingerprint density at radius 2 is 1.08 bits per heavy atom. The quantitative estimate of drug-likeness (QED) is 0.0211. The van der Waals surface area contributed by atoms with E-state index in [2.05, 4.69) is 41.5 Å². The minimum atomic E-state index is -4.98. The van der Waals surface area contributed by atoms with Gasteiger partial charge in [-0.15, -0.1) is 0 Å². The van der Waals surface area contributed by atoms with Crippen LogP contribution < -0.4 is 37.0 Å². The first kappa shape index (κ1) is 68.3. The Kier molecular flexibility index (Phi) is 22.4. The van der Waals surface area contributed by atoms with Gasteiger partial charge < -0.3 is 35.3 Å². The number of fused-ring (bicyclic) bond motifs is 1. The summed E-state index contributed by atoms with van der Waals surface area (Å²) in [4.78, 5) is 76.9. The Balaban J connectivity index is 0.000000219. The molecule has 9 rings (SSSR count). The van der Waals surface area contributed by atoms with Crippen LogP contribution in [0, 0.1) is 11.8 Å². The van der Waals surface area contributed by atoms with E-state index >= 15 is 0 Å². The number of hydrogen-bond acceptors (Lipinski definition) is 15. The van der Waals surface area contributed by atoms with E-state index in [0.717, 1.165) is 11.8 Å². The van der Waals surface area contributed by atoms with E-state index in [4.69, 9.17) is 47.9 Å². The number of aromatic nitrogens is 5. The van der Waals surface area contributed by atoms with Gasteiger partial charge in [0.1, 0.15) is 34.2 Å². The summed E-state index contributed by atoms with van der Waals surface area (Å²) in [5.74, 6) is 1.85. The molecule has 91 heavy (non-hydrogen) atoms. The second-order valence-corrected chi connectivity index (χ2v) is 22.4. The van der Waals surface area contributed by atoms with E-state index in [1.807, 2.05) is 30.3 Å². The van der Waals surface area contributed by atoms with Gasteiger partial charge in [-0.3, -0.25) is 24.4 Å². The number of anilines is 5. The molecule has 3 heterocycles. The van der Waals surface area contributed by atoms with Gasteiger partial charge in [-0.2, -0.15) is 36.3 Å². The molecule has 25 heteroatoms. The zero-order valence-electron chi connectivity index (χ0n) is 49.5. The predicted molar refractivity (Wildman–Crippen MR) is 336 cm³/mol. The Morgan fingerprint density at radius 3 is 1.55 bits per heavy atom. The molecule has 0 bridgehead atoms. The van der Waals surface area contributed by atoms with Crippen LogP contribution in [0.1, 0.15) is 79.9 Å². The first-order valence-electron chi connectivity index (χ1n) is 27.5. The normalized spacial score (nSPS) is 11.3. The Hall–Kier alpha value is -10.2. The van der Waals surface area contributed by atoms with Gasteiger partial charge >= 0.3 is 30.1 Å². The lowest BCUT2D eigenvalue weighted by molar-refractivity contribution is -0.164. The van der Waals surface area contributed by atoms with Crippen LogP contribution in [0.15, 0.2) is 167 Å². The van der Waals surface area contributed by atoms with Gasteiger partial charge in [0.05, 0.1) is 29.7 Å². The second-order valence-electron chi connectivity index (χ2n) is 21.6. The van der Waals surface area contributed by atoms with E-state index in [-0.39, 0.29) is 60.0 Å². The number of rotatable bonds is 15. The van der Waals surface area contributed by atoms with Crippen LogP contribution >= 0.6 is 23.2 Å². The summed E-state index contributed by atoms with van der Waals surface area (Å²) in [5.41, 5.74) is 6.19. The highest BCUT2D eigenvalue weighted by molar-refractivity contribution is 6.31. The van der Waals surface area contributed by atoms with Crippen LogP contribution in [0.4, 0.5) is 55.4 Å². The zero-order chi connectivity index (χ0) is 66.3. The molecule has 0 amide bonds. The van der Waals surface area contributed by atoms with Crippen LogP contribution in [0.5, 0.6) is 11.5 Å². The number of nitrogens with two attached hydrogens (primary N) is 1. The molecule has 0 aliphatic carbocycles. The number of ether oxygens (including phenoxy) is 4. The number of hydrogen-bond donors (Lipinski definition) is 5. The third-order valence-corrected chi connectivity index (χ3v) is 12.4. The van der Waals surface area contributed by atoms with Crippen LogP contribution in [0.3, 0.4) is 0 Å². The lowest BCUT2D eigenvalue weighted by Gasteiger charge is -2.20. The Labute approximate surface area is 527 Å². The summed E-state index contributed by atoms with van der Waals surface area (Å²) < 4.78 is 100. The molecule has 9 aromatic rings. The Morgan fingerprint density at radius 1 is 0.582 bits per heavy atom. The van der Waals surface area contributed by atoms with E-state index in [0.29, 0.717) is 66.6 Å². The van der Waals surface area contributed by atoms with Gasteiger partial charge in [0, 0.05) is 51.5 Å². The minimum Gasteiger partial charge on any atom is -0.493 e. The van der Waals surface area contributed by atoms with Crippen molar-refractivity contribution < 1.29 is 59.7 Å². The van der Waals surface area contributed by atoms with Crippen molar-refractivity contribution in [3.63, 3.8) is 0 Å². The number of nitrogen functional groups attached to an aromatic ring is 1. The van der Waals surface area contributed by atoms with Gasteiger partial charge in [0.2, 0.25) is 11.9 Å². The number of halogens is 8. The molecule has 17 nitrogen and oxygen atoms in total. The van der Waals surface area contributed by atoms with Crippen molar-refractivity contribution >= 4 is 81.0 Å². The molecule has 0 saturated heterocycles. The number of para-hydroxylation sites is 2. The van der Waals surface area contributed by atoms with Gasteiger partial charge in [-0.1, -0.05) is 89.8 Å². The van der Waals surface area contributed by atoms with Gasteiger partial charge in [0.25, 0.3) is 11.1 Å². The SMILES string of the molecule is CC(C)(C)OC(=O)c1cccc(-c2cc(Cl)ccc2OCCC#CC(=O)C(F)(F)F)c1.CC(C)(C)OC(=O)c1cccc(-c2cc(Cl)ccc2OCCc2cc(C(F)(F)F)nc3nc(Nc4ccccc4)[nH]c(=O)c23)c1.Nc1cc(=O)[nH]c(Nc2ccccc2)n1. The fourth-order valence-electron chi connectivity index (χ4n) is 8.17. The first-order chi connectivity index (χ1) is 42.9. The highest BCUT2D eigenvalue weighted by Gasteiger charge is 2.37. The van der Waals surface area contributed by atoms with E-state index in [9.17, 15) is 50.3 Å². The van der Waals surface area contributed by atoms with Crippen LogP contribution in [0.25, 0.3) is 33.3 Å². The molecule has 0 atom stereocenters. The predicted octanol–water partition coefficient (Wildman–Crippen LogP) is 14.9. The first-order valence-corrected chi connectivity index (χ1v) is 28.3. The number of esters is 2. The van der Waals surface area contributed by atoms with Gasteiger partial charge in [-0.05, 0) is 155 Å². The number of H-pyrrole nitrogens is 2. The molecule has 0 spiro atoms. The molecule has 0 saturated carbocycles. The van der Waals surface area contributed by atoms with Gasteiger partial charge in [0.15, 0.2) is 5.65 Å². The highest BCUT2D eigenvalue weighted by atomic mass is 35.5. The lowest BCUT2D eigenvalue weighted by Crippen LogP contribution is -2.23. The molecule has 472 valence electrons. The number of alkyl halides is 6. The van der Waals surface area contributed by atoms with Crippen LogP contribution in [-0.2, 0) is 26.9 Å². The summed E-state index contributed by atoms with van der Waals surface area (Å²) in [6.07, 6.45) is -9.90. The molecular formula is C66H58Cl2F6N8O9. The van der Waals surface area contributed by atoms with E-state index in [1.54, 1.807) is 157 Å². The number of nitrogens with zero attached hydrogens (tertiary/aromatic N) is 3. The van der Waals surface area contributed by atoms with E-state index in [1.165, 1.54) is 12.0 Å². The summed E-state index contributed by atoms with van der Waals surface area (Å²) in [6, 6.07) is 43.4. The number of carbonyl (C=O) groups is 3. The van der Waals surface area contributed by atoms with Crippen molar-refractivity contribution in [2.45, 2.75) is 77.9 Å². The zero-order valence-corrected chi connectivity index (χ0v) is 51.0. The Bertz CT molecular complexity index is 4260. The van der Waals surface area contributed by atoms with Crippen molar-refractivity contribution in [2.24, 2.45) is 0 Å². The number of aromatic amines is 2. The molecule has 6 aromatic carbocycles. The third kappa shape index (κ3) is 21.0. The summed E-state index contributed by atoms with van der Waals surface area (Å²) in [6.45, 7) is 10.5. The maximum Gasteiger partial charge on any atom is 0.462 e. The smallest absolute Gasteiger partial charge is 0.462 e. The topological polar surface area (TPSA) is 243 Å². The van der Waals surface area contributed by atoms with E-state index < -0.39 is 52.5 Å². The average molecular weight is 1290 g/mol. The van der Waals surface area contributed by atoms with Crippen LogP contribution in [-0.4, -0.2) is 73.2 Å². The standard InChI is InChI=1S/C33H28ClF3N4O4.C23H20ClF3O4.C10H10N4O/c1-32(2,3)45-30(43)21-9-7-8-19(16-21)24-18-22(34)12-13-25(24)44-15-14-20-17-26(33(35,36)37)39-28-27(20)29(42)41-31(40-28)38-23-10-5-4-6-11-23;1-22(2,3)31-21(29)16-8-6-7-15(13-16)18-14-17(24)10-11-19(18)30-12-5-4-9-20(28)23(25,26)27;11-8-6-9(15)14-10(13-8)12-7-4-2-1-3-5-7/h4-13,16-18H,14-15H2,1-3H3,(H2,38,39,40,41,42);6-8,10-11,13-14H,5,12H2,1-3H3;1-6H,(H4,11,12,13,14,15). The summed E-state index contributed by atoms with van der Waals surface area (Å²) in [5, 5.41) is 6.58. The maximum atomic E-state index is 13.8. The number of nitrogens with one attached hydrogen (secondary N) is 4. The monoisotopic (exact) mass is 1290 g/mol. The summed E-state index contributed by atoms with van der Waals surface area (Å²) >= 11 is 12.4. The molecule has 0 radical (unpaired) electrons. The molecule has 0 fully saturated rings. The third-order valence-electron chi connectivity index (χ3n) is 12.0. The number of pyridine rings is 1. The molecule has 0 aliphatic heterocycles. The molecular weight excluding hydrogens is 1230 g/mol. The molecule has 0 unspecified atom stereocenters. The molecule has 0 aliphatic rings. The maximum absolute atomic E-state index is 13.8. The highest BCUT2D eigenvalue weighted by Crippen LogP contribution is 2.36. The minimum absolute atomic E-state index is 0.0431. The second kappa shape index (κ2) is 29.9. The van der Waals surface area contributed by atoms with Gasteiger partial charge in [-0.25, -0.2) is 14.6 Å². The fourth-order valence-corrected chi connectivity index (χ4v) is 8.52. The van der Waals surface area contributed by atoms with Crippen LogP contribution in [0.2, 0.25) is 10.0 Å². The van der Waals surface area contributed by atoms with Crippen molar-refractivity contribution in [1.82, 2.24) is 24.9 Å².